The maximum Gasteiger partial charge on any atom is 0.235 e. The van der Waals surface area contributed by atoms with Crippen molar-refractivity contribution in [1.29, 1.82) is 0 Å². The van der Waals surface area contributed by atoms with Crippen LogP contribution in [0.25, 0.3) is 11.6 Å². The fraction of sp³-hybridized carbons (Fsp3) is 0.350. The van der Waals surface area contributed by atoms with Crippen molar-refractivity contribution >= 4 is 21.5 Å². The summed E-state index contributed by atoms with van der Waals surface area (Å²) in [5.74, 6) is 0.685. The molecule has 1 saturated heterocycles. The molecule has 0 aliphatic carbocycles. The van der Waals surface area contributed by atoms with Gasteiger partial charge in [-0.3, -0.25) is 4.31 Å². The highest BCUT2D eigenvalue weighted by molar-refractivity contribution is 7.93. The second-order valence-electron chi connectivity index (χ2n) is 7.54. The van der Waals surface area contributed by atoms with Gasteiger partial charge < -0.3 is 4.90 Å². The Labute approximate surface area is 179 Å². The molecular formula is C20H20FN7O2S. The number of nitrogens with zero attached hydrogens (tertiary/aromatic N) is 7. The van der Waals surface area contributed by atoms with E-state index in [2.05, 4.69) is 24.9 Å². The lowest BCUT2D eigenvalue weighted by Crippen LogP contribution is -2.36. The number of pyridine rings is 1. The van der Waals surface area contributed by atoms with Gasteiger partial charge in [-0.1, -0.05) is 0 Å². The smallest absolute Gasteiger partial charge is 0.235 e. The normalized spacial score (nSPS) is 20.0. The topological polar surface area (TPSA) is 105 Å². The Hall–Kier alpha value is -3.21. The van der Waals surface area contributed by atoms with Gasteiger partial charge in [-0.15, -0.1) is 0 Å². The van der Waals surface area contributed by atoms with Gasteiger partial charge in [-0.2, -0.15) is 4.39 Å². The van der Waals surface area contributed by atoms with Crippen molar-refractivity contribution in [3.05, 3.63) is 54.0 Å². The minimum Gasteiger partial charge on any atom is -0.349 e. The number of fused-ring (bicyclic) bond motifs is 1. The Morgan fingerprint density at radius 1 is 1.06 bits per heavy atom. The molecule has 31 heavy (non-hydrogen) atoms. The molecule has 0 spiro atoms. The van der Waals surface area contributed by atoms with E-state index in [0.717, 1.165) is 11.3 Å². The van der Waals surface area contributed by atoms with E-state index in [1.807, 2.05) is 11.8 Å². The predicted molar refractivity (Wildman–Crippen MR) is 112 cm³/mol. The second-order valence-corrected chi connectivity index (χ2v) is 9.55. The number of hydrogen-bond donors (Lipinski definition) is 0. The van der Waals surface area contributed by atoms with Crippen LogP contribution in [0.3, 0.4) is 0 Å². The van der Waals surface area contributed by atoms with E-state index in [1.165, 1.54) is 10.4 Å². The number of sulfonamides is 1. The first-order valence-corrected chi connectivity index (χ1v) is 11.6. The number of halogens is 1. The van der Waals surface area contributed by atoms with Crippen LogP contribution < -0.4 is 9.21 Å². The van der Waals surface area contributed by atoms with Crippen molar-refractivity contribution in [2.75, 3.05) is 28.0 Å². The molecule has 0 amide bonds. The molecule has 11 heteroatoms. The minimum atomic E-state index is -3.41. The molecule has 1 fully saturated rings. The standard InChI is InChI=1S/C20H20FN7O2S/c1-13-15-12-24-20(19-22-5-2-6-23-19)25-16(15)4-8-27(13)18-11-14(10-17(21)26-18)28-7-3-9-31(28,29)30/h2,5-6,10-13H,3-4,7-9H2,1H3. The molecule has 0 bridgehead atoms. The second kappa shape index (κ2) is 7.49. The summed E-state index contributed by atoms with van der Waals surface area (Å²) in [6.07, 6.45) is 6.17. The van der Waals surface area contributed by atoms with Crippen LogP contribution in [0.4, 0.5) is 15.9 Å². The summed E-state index contributed by atoms with van der Waals surface area (Å²) < 4.78 is 40.2. The summed E-state index contributed by atoms with van der Waals surface area (Å²) in [5.41, 5.74) is 2.11. The van der Waals surface area contributed by atoms with E-state index in [0.29, 0.717) is 49.1 Å². The maximum atomic E-state index is 14.4. The molecule has 1 unspecified atom stereocenters. The molecule has 2 aliphatic rings. The van der Waals surface area contributed by atoms with Gasteiger partial charge in [0.05, 0.1) is 23.2 Å². The Kier molecular flexibility index (Phi) is 4.77. The monoisotopic (exact) mass is 441 g/mol. The van der Waals surface area contributed by atoms with Crippen LogP contribution in [0.5, 0.6) is 0 Å². The van der Waals surface area contributed by atoms with E-state index >= 15 is 0 Å². The van der Waals surface area contributed by atoms with E-state index in [9.17, 15) is 12.8 Å². The van der Waals surface area contributed by atoms with Crippen molar-refractivity contribution in [2.24, 2.45) is 0 Å². The first-order valence-electron chi connectivity index (χ1n) is 10.0. The van der Waals surface area contributed by atoms with Crippen molar-refractivity contribution in [1.82, 2.24) is 24.9 Å². The fourth-order valence-corrected chi connectivity index (χ4v) is 5.64. The highest BCUT2D eigenvalue weighted by atomic mass is 32.2. The first kappa shape index (κ1) is 19.7. The van der Waals surface area contributed by atoms with Crippen LogP contribution >= 0.6 is 0 Å². The molecule has 0 aromatic carbocycles. The molecule has 0 saturated carbocycles. The van der Waals surface area contributed by atoms with Crippen molar-refractivity contribution in [3.63, 3.8) is 0 Å². The summed E-state index contributed by atoms with van der Waals surface area (Å²) in [6.45, 7) is 2.88. The van der Waals surface area contributed by atoms with Gasteiger partial charge in [-0.05, 0) is 19.4 Å². The van der Waals surface area contributed by atoms with E-state index in [1.54, 1.807) is 30.7 Å². The lowest BCUT2D eigenvalue weighted by Gasteiger charge is -2.35. The molecule has 0 radical (unpaired) electrons. The number of anilines is 2. The maximum absolute atomic E-state index is 14.4. The summed E-state index contributed by atoms with van der Waals surface area (Å²) in [4.78, 5) is 23.4. The Balaban J connectivity index is 1.47. The van der Waals surface area contributed by atoms with E-state index < -0.39 is 16.0 Å². The first-order chi connectivity index (χ1) is 14.9. The molecule has 160 valence electrons. The van der Waals surface area contributed by atoms with Crippen LogP contribution in [0.2, 0.25) is 0 Å². The average Bonchev–Trinajstić information content (AvgIpc) is 3.13. The zero-order chi connectivity index (χ0) is 21.6. The lowest BCUT2D eigenvalue weighted by molar-refractivity contribution is 0.562. The fourth-order valence-electron chi connectivity index (χ4n) is 4.09. The molecule has 2 aliphatic heterocycles. The molecule has 5 heterocycles. The molecule has 3 aromatic rings. The average molecular weight is 441 g/mol. The van der Waals surface area contributed by atoms with Crippen LogP contribution in [0.1, 0.15) is 30.6 Å². The molecule has 3 aromatic heterocycles. The van der Waals surface area contributed by atoms with Crippen LogP contribution in [-0.4, -0.2) is 52.2 Å². The summed E-state index contributed by atoms with van der Waals surface area (Å²) >= 11 is 0. The largest absolute Gasteiger partial charge is 0.349 e. The van der Waals surface area contributed by atoms with Crippen LogP contribution in [0, 0.1) is 5.95 Å². The Bertz CT molecular complexity index is 1240. The molecule has 0 N–H and O–H groups in total. The molecule has 1 atom stereocenters. The molecular weight excluding hydrogens is 421 g/mol. The SMILES string of the molecule is CC1c2cnc(-c3ncccn3)nc2CCN1c1cc(N2CCCS2(=O)=O)cc(F)n1. The molecule has 9 nitrogen and oxygen atoms in total. The zero-order valence-electron chi connectivity index (χ0n) is 16.8. The van der Waals surface area contributed by atoms with Gasteiger partial charge in [0.2, 0.25) is 16.0 Å². The third kappa shape index (κ3) is 3.58. The van der Waals surface area contributed by atoms with Gasteiger partial charge >= 0.3 is 0 Å². The van der Waals surface area contributed by atoms with Gasteiger partial charge in [0.25, 0.3) is 0 Å². The third-order valence-corrected chi connectivity index (χ3v) is 7.49. The van der Waals surface area contributed by atoms with E-state index in [-0.39, 0.29) is 11.8 Å². The van der Waals surface area contributed by atoms with Gasteiger partial charge in [0.1, 0.15) is 5.82 Å². The quantitative estimate of drug-likeness (QED) is 0.569. The van der Waals surface area contributed by atoms with E-state index in [4.69, 9.17) is 0 Å². The van der Waals surface area contributed by atoms with Crippen molar-refractivity contribution in [2.45, 2.75) is 25.8 Å². The summed E-state index contributed by atoms with van der Waals surface area (Å²) in [6, 6.07) is 4.38. The van der Waals surface area contributed by atoms with Crippen LogP contribution in [0.15, 0.2) is 36.8 Å². The van der Waals surface area contributed by atoms with Gasteiger partial charge in [0, 0.05) is 55.8 Å². The minimum absolute atomic E-state index is 0.0740. The Morgan fingerprint density at radius 3 is 2.61 bits per heavy atom. The summed E-state index contributed by atoms with van der Waals surface area (Å²) in [5, 5.41) is 0. The third-order valence-electron chi connectivity index (χ3n) is 5.62. The van der Waals surface area contributed by atoms with Gasteiger partial charge in [-0.25, -0.2) is 33.3 Å². The lowest BCUT2D eigenvalue weighted by atomic mass is 9.99. The zero-order valence-corrected chi connectivity index (χ0v) is 17.6. The summed E-state index contributed by atoms with van der Waals surface area (Å²) in [7, 11) is -3.41. The predicted octanol–water partition coefficient (Wildman–Crippen LogP) is 2.13. The highest BCUT2D eigenvalue weighted by Crippen LogP contribution is 2.35. The number of aromatic nitrogens is 5. The van der Waals surface area contributed by atoms with Gasteiger partial charge in [0.15, 0.2) is 11.6 Å². The molecule has 5 rings (SSSR count). The van der Waals surface area contributed by atoms with Crippen LogP contribution in [-0.2, 0) is 16.4 Å². The van der Waals surface area contributed by atoms with Crippen molar-refractivity contribution in [3.8, 4) is 11.6 Å². The number of hydrogen-bond acceptors (Lipinski definition) is 8. The Morgan fingerprint density at radius 2 is 1.87 bits per heavy atom. The van der Waals surface area contributed by atoms with Crippen molar-refractivity contribution < 1.29 is 12.8 Å². The highest BCUT2D eigenvalue weighted by Gasteiger charge is 2.31. The number of rotatable bonds is 3.